The van der Waals surface area contributed by atoms with Crippen LogP contribution in [0.5, 0.6) is 5.75 Å². The molecule has 4 nitrogen and oxygen atoms in total. The third kappa shape index (κ3) is 3.51. The molecule has 5 heteroatoms. The molecule has 0 bridgehead atoms. The maximum Gasteiger partial charge on any atom is 0.341 e. The van der Waals surface area contributed by atoms with Crippen molar-refractivity contribution in [2.24, 2.45) is 4.99 Å². The molecular weight excluding hydrogens is 322 g/mol. The highest BCUT2D eigenvalue weighted by atomic mass is 32.1. The zero-order valence-corrected chi connectivity index (χ0v) is 14.8. The molecule has 1 aromatic carbocycles. The lowest BCUT2D eigenvalue weighted by molar-refractivity contribution is 0.0526. The molecule has 3 rings (SSSR count). The van der Waals surface area contributed by atoms with E-state index in [0.29, 0.717) is 12.2 Å². The Morgan fingerprint density at radius 2 is 2.17 bits per heavy atom. The van der Waals surface area contributed by atoms with Gasteiger partial charge in [0.1, 0.15) is 10.8 Å². The van der Waals surface area contributed by atoms with Gasteiger partial charge in [-0.15, -0.1) is 11.3 Å². The zero-order chi connectivity index (χ0) is 16.9. The van der Waals surface area contributed by atoms with Crippen molar-refractivity contribution in [3.63, 3.8) is 0 Å². The number of methoxy groups -OCH3 is 1. The Hall–Kier alpha value is -2.14. The summed E-state index contributed by atoms with van der Waals surface area (Å²) < 4.78 is 10.5. The first kappa shape index (κ1) is 16.7. The molecule has 2 aromatic rings. The molecule has 1 heterocycles. The Kier molecular flexibility index (Phi) is 5.30. The highest BCUT2D eigenvalue weighted by Crippen LogP contribution is 2.40. The monoisotopic (exact) mass is 343 g/mol. The lowest BCUT2D eigenvalue weighted by Crippen LogP contribution is -2.09. The molecule has 1 aromatic heterocycles. The van der Waals surface area contributed by atoms with Gasteiger partial charge >= 0.3 is 5.97 Å². The molecule has 0 atom stereocenters. The first-order valence-electron chi connectivity index (χ1n) is 8.22. The molecule has 0 saturated heterocycles. The minimum Gasteiger partial charge on any atom is -0.497 e. The van der Waals surface area contributed by atoms with Crippen LogP contribution in [-0.2, 0) is 17.6 Å². The van der Waals surface area contributed by atoms with Crippen molar-refractivity contribution in [3.8, 4) is 5.75 Å². The fourth-order valence-corrected chi connectivity index (χ4v) is 4.13. The van der Waals surface area contributed by atoms with Crippen LogP contribution < -0.4 is 4.74 Å². The van der Waals surface area contributed by atoms with Gasteiger partial charge in [0.15, 0.2) is 0 Å². The molecule has 0 amide bonds. The number of benzene rings is 1. The van der Waals surface area contributed by atoms with Gasteiger partial charge in [-0.05, 0) is 55.9 Å². The average molecular weight is 343 g/mol. The Balaban J connectivity index is 1.95. The SMILES string of the molecule is CCOC(=O)c1c(/N=C/c2cccc(OC)c2)sc2c1CCCC2. The van der Waals surface area contributed by atoms with Gasteiger partial charge in [0, 0.05) is 11.1 Å². The van der Waals surface area contributed by atoms with E-state index in [9.17, 15) is 4.79 Å². The van der Waals surface area contributed by atoms with Crippen molar-refractivity contribution in [2.45, 2.75) is 32.6 Å². The van der Waals surface area contributed by atoms with Crippen molar-refractivity contribution in [1.82, 2.24) is 0 Å². The topological polar surface area (TPSA) is 47.9 Å². The first-order valence-corrected chi connectivity index (χ1v) is 9.04. The molecule has 0 saturated carbocycles. The summed E-state index contributed by atoms with van der Waals surface area (Å²) in [6, 6.07) is 7.70. The Morgan fingerprint density at radius 1 is 1.33 bits per heavy atom. The molecule has 0 unspecified atom stereocenters. The summed E-state index contributed by atoms with van der Waals surface area (Å²) in [5.74, 6) is 0.532. The van der Waals surface area contributed by atoms with Gasteiger partial charge in [0.25, 0.3) is 0 Å². The summed E-state index contributed by atoms with van der Waals surface area (Å²) in [7, 11) is 1.64. The summed E-state index contributed by atoms with van der Waals surface area (Å²) in [6.07, 6.45) is 6.04. The Morgan fingerprint density at radius 3 is 2.96 bits per heavy atom. The smallest absolute Gasteiger partial charge is 0.341 e. The molecule has 1 aliphatic rings. The van der Waals surface area contributed by atoms with Crippen LogP contribution in [0, 0.1) is 0 Å². The van der Waals surface area contributed by atoms with E-state index >= 15 is 0 Å². The van der Waals surface area contributed by atoms with E-state index in [1.807, 2.05) is 31.2 Å². The van der Waals surface area contributed by atoms with Crippen molar-refractivity contribution >= 4 is 28.5 Å². The second-order valence-corrected chi connectivity index (χ2v) is 6.73. The van der Waals surface area contributed by atoms with E-state index in [1.165, 1.54) is 11.3 Å². The number of aryl methyl sites for hydroxylation is 1. The third-order valence-electron chi connectivity index (χ3n) is 4.06. The van der Waals surface area contributed by atoms with E-state index in [1.54, 1.807) is 24.7 Å². The number of nitrogens with zero attached hydrogens (tertiary/aromatic N) is 1. The minimum absolute atomic E-state index is 0.255. The van der Waals surface area contributed by atoms with Crippen LogP contribution in [0.3, 0.4) is 0 Å². The summed E-state index contributed by atoms with van der Waals surface area (Å²) in [4.78, 5) is 18.3. The maximum atomic E-state index is 12.4. The largest absolute Gasteiger partial charge is 0.497 e. The number of esters is 1. The van der Waals surface area contributed by atoms with E-state index in [-0.39, 0.29) is 5.97 Å². The third-order valence-corrected chi connectivity index (χ3v) is 5.26. The highest BCUT2D eigenvalue weighted by molar-refractivity contribution is 7.16. The second-order valence-electron chi connectivity index (χ2n) is 5.65. The van der Waals surface area contributed by atoms with Crippen LogP contribution in [0.15, 0.2) is 29.3 Å². The number of hydrogen-bond acceptors (Lipinski definition) is 5. The molecule has 24 heavy (non-hydrogen) atoms. The zero-order valence-electron chi connectivity index (χ0n) is 14.0. The molecule has 1 aliphatic carbocycles. The van der Waals surface area contributed by atoms with Crippen molar-refractivity contribution in [1.29, 1.82) is 0 Å². The fourth-order valence-electron chi connectivity index (χ4n) is 2.91. The fraction of sp³-hybridized carbons (Fsp3) is 0.368. The van der Waals surface area contributed by atoms with Crippen LogP contribution in [-0.4, -0.2) is 25.9 Å². The molecule has 0 aliphatic heterocycles. The molecular formula is C19H21NO3S. The number of aliphatic imine (C=N–C) groups is 1. The summed E-state index contributed by atoms with van der Waals surface area (Å²) >= 11 is 1.62. The van der Waals surface area contributed by atoms with Gasteiger partial charge in [-0.25, -0.2) is 9.79 Å². The van der Waals surface area contributed by atoms with Gasteiger partial charge in [-0.3, -0.25) is 0 Å². The maximum absolute atomic E-state index is 12.4. The normalized spacial score (nSPS) is 13.8. The van der Waals surface area contributed by atoms with E-state index in [2.05, 4.69) is 4.99 Å². The predicted octanol–water partition coefficient (Wildman–Crippen LogP) is 4.56. The number of thiophene rings is 1. The van der Waals surface area contributed by atoms with E-state index in [4.69, 9.17) is 9.47 Å². The van der Waals surface area contributed by atoms with Gasteiger partial charge in [0.05, 0.1) is 19.3 Å². The number of ether oxygens (including phenoxy) is 2. The van der Waals surface area contributed by atoms with Crippen molar-refractivity contribution < 1.29 is 14.3 Å². The molecule has 0 radical (unpaired) electrons. The van der Waals surface area contributed by atoms with Crippen LogP contribution >= 0.6 is 11.3 Å². The number of hydrogen-bond donors (Lipinski definition) is 0. The molecule has 0 N–H and O–H groups in total. The number of fused-ring (bicyclic) bond motifs is 1. The molecule has 126 valence electrons. The number of carbonyl (C=O) groups is 1. The van der Waals surface area contributed by atoms with Crippen LogP contribution in [0.1, 0.15) is 46.1 Å². The standard InChI is InChI=1S/C19H21NO3S/c1-3-23-19(21)17-15-9-4-5-10-16(15)24-18(17)20-12-13-7-6-8-14(11-13)22-2/h6-8,11-12H,3-5,9-10H2,1-2H3/b20-12+. The Labute approximate surface area is 146 Å². The van der Waals surface area contributed by atoms with E-state index in [0.717, 1.165) is 41.1 Å². The van der Waals surface area contributed by atoms with Crippen molar-refractivity contribution in [2.75, 3.05) is 13.7 Å². The Bertz CT molecular complexity index is 764. The van der Waals surface area contributed by atoms with Crippen molar-refractivity contribution in [3.05, 3.63) is 45.8 Å². The van der Waals surface area contributed by atoms with Crippen LogP contribution in [0.2, 0.25) is 0 Å². The molecule has 0 spiro atoms. The van der Waals surface area contributed by atoms with Crippen LogP contribution in [0.25, 0.3) is 0 Å². The predicted molar refractivity (Wildman–Crippen MR) is 97.2 cm³/mol. The summed E-state index contributed by atoms with van der Waals surface area (Å²) in [5.41, 5.74) is 2.74. The minimum atomic E-state index is -0.255. The van der Waals surface area contributed by atoms with Gasteiger partial charge in [0.2, 0.25) is 0 Å². The van der Waals surface area contributed by atoms with Gasteiger partial charge in [-0.2, -0.15) is 0 Å². The lowest BCUT2D eigenvalue weighted by atomic mass is 9.95. The van der Waals surface area contributed by atoms with Crippen LogP contribution in [0.4, 0.5) is 5.00 Å². The van der Waals surface area contributed by atoms with Gasteiger partial charge < -0.3 is 9.47 Å². The van der Waals surface area contributed by atoms with Gasteiger partial charge in [-0.1, -0.05) is 12.1 Å². The van der Waals surface area contributed by atoms with E-state index < -0.39 is 0 Å². The quantitative estimate of drug-likeness (QED) is 0.590. The average Bonchev–Trinajstić information content (AvgIpc) is 2.99. The lowest BCUT2D eigenvalue weighted by Gasteiger charge is -2.11. The molecule has 0 fully saturated rings. The summed E-state index contributed by atoms with van der Waals surface area (Å²) in [5, 5.41) is 0.753. The first-order chi connectivity index (χ1) is 11.7. The number of carbonyl (C=O) groups excluding carboxylic acids is 1. The second kappa shape index (κ2) is 7.62. The summed E-state index contributed by atoms with van der Waals surface area (Å²) in [6.45, 7) is 2.21. The highest BCUT2D eigenvalue weighted by Gasteiger charge is 2.25. The number of rotatable bonds is 5.